The van der Waals surface area contributed by atoms with Gasteiger partial charge in [-0.25, -0.2) is 0 Å². The van der Waals surface area contributed by atoms with E-state index in [2.05, 4.69) is 21.9 Å². The molecule has 0 N–H and O–H groups in total. The highest BCUT2D eigenvalue weighted by Gasteiger charge is 2.24. The standard InChI is InChI=1S/C20H23ClN2O2/c21-16-7-8-20-18(15-16)23(17-5-1-2-6-19(17)25-20)10-4-3-9-22-11-13-24-14-12-22/h1-2,5-8,15H,3-4,9-14H2. The summed E-state index contributed by atoms with van der Waals surface area (Å²) < 4.78 is 11.5. The first-order chi connectivity index (χ1) is 12.3. The molecule has 2 aliphatic rings. The van der Waals surface area contributed by atoms with Crippen LogP contribution in [0.5, 0.6) is 11.5 Å². The van der Waals surface area contributed by atoms with Crippen molar-refractivity contribution in [1.82, 2.24) is 4.90 Å². The van der Waals surface area contributed by atoms with Crippen molar-refractivity contribution in [2.45, 2.75) is 12.8 Å². The number of hydrogen-bond donors (Lipinski definition) is 0. The van der Waals surface area contributed by atoms with Gasteiger partial charge in [-0.3, -0.25) is 4.90 Å². The Balaban J connectivity index is 1.45. The number of hydrogen-bond acceptors (Lipinski definition) is 4. The molecule has 5 heteroatoms. The van der Waals surface area contributed by atoms with E-state index in [9.17, 15) is 0 Å². The molecule has 0 amide bonds. The van der Waals surface area contributed by atoms with Crippen molar-refractivity contribution in [3.63, 3.8) is 0 Å². The molecule has 25 heavy (non-hydrogen) atoms. The van der Waals surface area contributed by atoms with Gasteiger partial charge in [0, 0.05) is 24.7 Å². The normalized spacial score (nSPS) is 16.9. The van der Waals surface area contributed by atoms with E-state index < -0.39 is 0 Å². The smallest absolute Gasteiger partial charge is 0.151 e. The topological polar surface area (TPSA) is 24.9 Å². The van der Waals surface area contributed by atoms with Crippen LogP contribution in [0.25, 0.3) is 0 Å². The van der Waals surface area contributed by atoms with Gasteiger partial charge < -0.3 is 14.4 Å². The number of fused-ring (bicyclic) bond motifs is 2. The Hall–Kier alpha value is -1.75. The number of rotatable bonds is 5. The highest BCUT2D eigenvalue weighted by atomic mass is 35.5. The first-order valence-corrected chi connectivity index (χ1v) is 9.33. The van der Waals surface area contributed by atoms with Gasteiger partial charge in [-0.2, -0.15) is 0 Å². The molecule has 0 spiro atoms. The van der Waals surface area contributed by atoms with E-state index in [-0.39, 0.29) is 0 Å². The second kappa shape index (κ2) is 7.65. The highest BCUT2D eigenvalue weighted by Crippen LogP contribution is 2.47. The maximum absolute atomic E-state index is 6.23. The molecule has 132 valence electrons. The first-order valence-electron chi connectivity index (χ1n) is 8.95. The lowest BCUT2D eigenvalue weighted by Gasteiger charge is -2.33. The van der Waals surface area contributed by atoms with E-state index in [1.165, 1.54) is 6.42 Å². The summed E-state index contributed by atoms with van der Waals surface area (Å²) in [6.45, 7) is 5.93. The van der Waals surface area contributed by atoms with Gasteiger partial charge >= 0.3 is 0 Å². The van der Waals surface area contributed by atoms with E-state index >= 15 is 0 Å². The number of ether oxygens (including phenoxy) is 2. The number of halogens is 1. The summed E-state index contributed by atoms with van der Waals surface area (Å²) in [5, 5.41) is 0.736. The molecular formula is C20H23ClN2O2. The summed E-state index contributed by atoms with van der Waals surface area (Å²) in [7, 11) is 0. The summed E-state index contributed by atoms with van der Waals surface area (Å²) in [6.07, 6.45) is 2.30. The summed E-state index contributed by atoms with van der Waals surface area (Å²) in [5.41, 5.74) is 2.17. The molecule has 0 saturated carbocycles. The maximum atomic E-state index is 6.23. The number of nitrogens with zero attached hydrogens (tertiary/aromatic N) is 2. The Morgan fingerprint density at radius 2 is 1.64 bits per heavy atom. The van der Waals surface area contributed by atoms with Gasteiger partial charge in [0.15, 0.2) is 11.5 Å². The summed E-state index contributed by atoms with van der Waals surface area (Å²) in [5.74, 6) is 1.78. The van der Waals surface area contributed by atoms with Crippen molar-refractivity contribution in [3.8, 4) is 11.5 Å². The summed E-state index contributed by atoms with van der Waals surface area (Å²) >= 11 is 6.23. The number of anilines is 2. The molecule has 2 aromatic rings. The molecule has 2 heterocycles. The van der Waals surface area contributed by atoms with Gasteiger partial charge in [0.25, 0.3) is 0 Å². The first kappa shape index (κ1) is 16.7. The molecule has 0 bridgehead atoms. The molecule has 0 radical (unpaired) electrons. The predicted molar refractivity (Wildman–Crippen MR) is 101 cm³/mol. The van der Waals surface area contributed by atoms with Crippen molar-refractivity contribution < 1.29 is 9.47 Å². The lowest BCUT2D eigenvalue weighted by molar-refractivity contribution is 0.0373. The van der Waals surface area contributed by atoms with Crippen LogP contribution < -0.4 is 9.64 Å². The minimum absolute atomic E-state index is 0.736. The minimum atomic E-state index is 0.736. The molecule has 0 aliphatic carbocycles. The van der Waals surface area contributed by atoms with Crippen LogP contribution >= 0.6 is 11.6 Å². The quantitative estimate of drug-likeness (QED) is 0.723. The Labute approximate surface area is 153 Å². The van der Waals surface area contributed by atoms with Crippen LogP contribution in [0, 0.1) is 0 Å². The lowest BCUT2D eigenvalue weighted by atomic mass is 10.1. The van der Waals surface area contributed by atoms with Gasteiger partial charge in [-0.1, -0.05) is 23.7 Å². The Morgan fingerprint density at radius 1 is 0.880 bits per heavy atom. The van der Waals surface area contributed by atoms with Crippen molar-refractivity contribution in [1.29, 1.82) is 0 Å². The number of unbranched alkanes of at least 4 members (excludes halogenated alkanes) is 1. The fraction of sp³-hybridized carbons (Fsp3) is 0.400. The van der Waals surface area contributed by atoms with Crippen LogP contribution in [0.1, 0.15) is 12.8 Å². The van der Waals surface area contributed by atoms with E-state index in [4.69, 9.17) is 21.1 Å². The average molecular weight is 359 g/mol. The largest absolute Gasteiger partial charge is 0.453 e. The van der Waals surface area contributed by atoms with E-state index in [0.717, 1.165) is 73.7 Å². The number of benzene rings is 2. The zero-order chi connectivity index (χ0) is 17.1. The third-order valence-corrected chi connectivity index (χ3v) is 5.03. The van der Waals surface area contributed by atoms with Gasteiger partial charge in [0.05, 0.1) is 24.6 Å². The fourth-order valence-electron chi connectivity index (χ4n) is 3.47. The molecule has 0 atom stereocenters. The van der Waals surface area contributed by atoms with Crippen molar-refractivity contribution in [3.05, 3.63) is 47.5 Å². The zero-order valence-corrected chi connectivity index (χ0v) is 15.0. The van der Waals surface area contributed by atoms with Gasteiger partial charge in [-0.15, -0.1) is 0 Å². The third kappa shape index (κ3) is 3.76. The predicted octanol–water partition coefficient (Wildman–Crippen LogP) is 4.70. The molecule has 2 aliphatic heterocycles. The molecular weight excluding hydrogens is 336 g/mol. The number of morpholine rings is 1. The summed E-state index contributed by atoms with van der Waals surface area (Å²) in [4.78, 5) is 4.82. The molecule has 0 unspecified atom stereocenters. The monoisotopic (exact) mass is 358 g/mol. The van der Waals surface area contributed by atoms with Crippen LogP contribution in [0.3, 0.4) is 0 Å². The van der Waals surface area contributed by atoms with Gasteiger partial charge in [-0.05, 0) is 49.7 Å². The number of para-hydroxylation sites is 2. The highest BCUT2D eigenvalue weighted by molar-refractivity contribution is 6.31. The molecule has 1 fully saturated rings. The van der Waals surface area contributed by atoms with E-state index in [1.807, 2.05) is 30.3 Å². The Kier molecular flexibility index (Phi) is 5.11. The van der Waals surface area contributed by atoms with Crippen molar-refractivity contribution in [2.75, 3.05) is 44.3 Å². The molecule has 1 saturated heterocycles. The van der Waals surface area contributed by atoms with Crippen LogP contribution in [0.4, 0.5) is 11.4 Å². The molecule has 2 aromatic carbocycles. The second-order valence-corrected chi connectivity index (χ2v) is 6.93. The molecule has 4 nitrogen and oxygen atoms in total. The second-order valence-electron chi connectivity index (χ2n) is 6.49. The average Bonchev–Trinajstić information content (AvgIpc) is 2.65. The maximum Gasteiger partial charge on any atom is 0.151 e. The Bertz CT molecular complexity index is 731. The third-order valence-electron chi connectivity index (χ3n) is 4.80. The van der Waals surface area contributed by atoms with Crippen LogP contribution in [-0.2, 0) is 4.74 Å². The fourth-order valence-corrected chi connectivity index (χ4v) is 3.64. The van der Waals surface area contributed by atoms with Gasteiger partial charge in [0.1, 0.15) is 0 Å². The van der Waals surface area contributed by atoms with Crippen LogP contribution in [-0.4, -0.2) is 44.3 Å². The van der Waals surface area contributed by atoms with E-state index in [0.29, 0.717) is 0 Å². The van der Waals surface area contributed by atoms with E-state index in [1.54, 1.807) is 0 Å². The van der Waals surface area contributed by atoms with Crippen molar-refractivity contribution >= 4 is 23.0 Å². The van der Waals surface area contributed by atoms with Crippen LogP contribution in [0.2, 0.25) is 5.02 Å². The van der Waals surface area contributed by atoms with Crippen LogP contribution in [0.15, 0.2) is 42.5 Å². The minimum Gasteiger partial charge on any atom is -0.453 e. The lowest BCUT2D eigenvalue weighted by Crippen LogP contribution is -2.37. The van der Waals surface area contributed by atoms with Crippen molar-refractivity contribution in [2.24, 2.45) is 0 Å². The van der Waals surface area contributed by atoms with Gasteiger partial charge in [0.2, 0.25) is 0 Å². The SMILES string of the molecule is Clc1ccc2c(c1)N(CCCCN1CCOCC1)c1ccccc1O2. The zero-order valence-electron chi connectivity index (χ0n) is 14.3. The Morgan fingerprint density at radius 3 is 2.52 bits per heavy atom. The molecule has 4 rings (SSSR count). The summed E-state index contributed by atoms with van der Waals surface area (Å²) in [6, 6.07) is 14.0. The molecule has 0 aromatic heterocycles.